The quantitative estimate of drug-likeness (QED) is 0.849. The first-order valence-electron chi connectivity index (χ1n) is 9.69. The van der Waals surface area contributed by atoms with Gasteiger partial charge >= 0.3 is 0 Å². The van der Waals surface area contributed by atoms with Gasteiger partial charge in [0.25, 0.3) is 5.91 Å². The van der Waals surface area contributed by atoms with E-state index in [0.29, 0.717) is 30.2 Å². The molecule has 3 saturated heterocycles. The fraction of sp³-hybridized carbons (Fsp3) is 0.650. The molecule has 4 rings (SSSR count). The smallest absolute Gasteiger partial charge is 0.253 e. The molecule has 25 heavy (non-hydrogen) atoms. The molecule has 5 heteroatoms. The predicted molar refractivity (Wildman–Crippen MR) is 95.1 cm³/mol. The van der Waals surface area contributed by atoms with E-state index < -0.39 is 0 Å². The molecule has 134 valence electrons. The largest absolute Gasteiger partial charge is 0.339 e. The number of carbonyl (C=O) groups excluding carboxylic acids is 2. The molecular formula is C20H27N3O2. The van der Waals surface area contributed by atoms with Crippen LogP contribution in [0.25, 0.3) is 0 Å². The zero-order chi connectivity index (χ0) is 17.4. The van der Waals surface area contributed by atoms with Crippen LogP contribution in [0.4, 0.5) is 0 Å². The third-order valence-corrected chi connectivity index (χ3v) is 6.04. The van der Waals surface area contributed by atoms with E-state index in [9.17, 15) is 9.59 Å². The van der Waals surface area contributed by atoms with Crippen molar-refractivity contribution in [3.63, 3.8) is 0 Å². The second-order valence-electron chi connectivity index (χ2n) is 7.86. The second kappa shape index (κ2) is 6.77. The Morgan fingerprint density at radius 1 is 1.32 bits per heavy atom. The van der Waals surface area contributed by atoms with Gasteiger partial charge in [0.05, 0.1) is 0 Å². The first kappa shape index (κ1) is 16.6. The summed E-state index contributed by atoms with van der Waals surface area (Å²) >= 11 is 0. The van der Waals surface area contributed by atoms with Crippen LogP contribution >= 0.6 is 0 Å². The van der Waals surface area contributed by atoms with Crippen LogP contribution in [0.15, 0.2) is 18.3 Å². The molecule has 5 nitrogen and oxygen atoms in total. The number of likely N-dealkylation sites (tertiary alicyclic amines) is 1. The SMILES string of the molecule is CCCc1cc(C(=O)N2CC3CC(C2)[C@@H]2CCCC(=O)N2C3)ccn1. The van der Waals surface area contributed by atoms with Gasteiger partial charge in [0, 0.05) is 49.6 Å². The molecule has 0 aliphatic carbocycles. The number of nitrogens with zero attached hydrogens (tertiary/aromatic N) is 3. The number of aryl methyl sites for hydroxylation is 1. The Bertz CT molecular complexity index is 675. The van der Waals surface area contributed by atoms with Gasteiger partial charge in [0.1, 0.15) is 0 Å². The molecule has 0 saturated carbocycles. The summed E-state index contributed by atoms with van der Waals surface area (Å²) in [6, 6.07) is 4.14. The summed E-state index contributed by atoms with van der Waals surface area (Å²) in [7, 11) is 0. The summed E-state index contributed by atoms with van der Waals surface area (Å²) in [6.07, 6.45) is 7.66. The van der Waals surface area contributed by atoms with Crippen molar-refractivity contribution < 1.29 is 9.59 Å². The topological polar surface area (TPSA) is 53.5 Å². The minimum absolute atomic E-state index is 0.130. The van der Waals surface area contributed by atoms with Crippen molar-refractivity contribution in [3.05, 3.63) is 29.6 Å². The summed E-state index contributed by atoms with van der Waals surface area (Å²) in [4.78, 5) is 33.8. The molecule has 0 N–H and O–H groups in total. The molecule has 2 amide bonds. The van der Waals surface area contributed by atoms with Gasteiger partial charge in [-0.3, -0.25) is 14.6 Å². The average molecular weight is 341 g/mol. The van der Waals surface area contributed by atoms with Crippen LogP contribution in [0, 0.1) is 11.8 Å². The Labute approximate surface area is 149 Å². The van der Waals surface area contributed by atoms with Gasteiger partial charge in [-0.1, -0.05) is 13.3 Å². The highest BCUT2D eigenvalue weighted by Gasteiger charge is 2.44. The minimum atomic E-state index is 0.130. The Morgan fingerprint density at radius 3 is 3.04 bits per heavy atom. The van der Waals surface area contributed by atoms with E-state index in [2.05, 4.69) is 16.8 Å². The van der Waals surface area contributed by atoms with Gasteiger partial charge < -0.3 is 9.80 Å². The van der Waals surface area contributed by atoms with Gasteiger partial charge in [0.15, 0.2) is 0 Å². The van der Waals surface area contributed by atoms with Crippen LogP contribution in [0.5, 0.6) is 0 Å². The highest BCUT2D eigenvalue weighted by Crippen LogP contribution is 2.38. The van der Waals surface area contributed by atoms with E-state index in [0.717, 1.165) is 63.0 Å². The maximum atomic E-state index is 13.0. The monoisotopic (exact) mass is 341 g/mol. The summed E-state index contributed by atoms with van der Waals surface area (Å²) in [5.74, 6) is 1.32. The average Bonchev–Trinajstić information content (AvgIpc) is 2.62. The summed E-state index contributed by atoms with van der Waals surface area (Å²) in [5.41, 5.74) is 1.75. The number of fused-ring (bicyclic) bond motifs is 4. The van der Waals surface area contributed by atoms with Gasteiger partial charge in [-0.2, -0.15) is 0 Å². The fourth-order valence-corrected chi connectivity index (χ4v) is 4.96. The van der Waals surface area contributed by atoms with Crippen LogP contribution in [0.2, 0.25) is 0 Å². The van der Waals surface area contributed by atoms with Crippen molar-refractivity contribution in [2.75, 3.05) is 19.6 Å². The summed E-state index contributed by atoms with van der Waals surface area (Å²) < 4.78 is 0. The number of hydrogen-bond donors (Lipinski definition) is 0. The van der Waals surface area contributed by atoms with Gasteiger partial charge in [0.2, 0.25) is 5.91 Å². The van der Waals surface area contributed by atoms with Crippen LogP contribution in [0.1, 0.15) is 55.1 Å². The van der Waals surface area contributed by atoms with E-state index in [4.69, 9.17) is 0 Å². The van der Waals surface area contributed by atoms with Crippen LogP contribution in [-0.4, -0.2) is 52.3 Å². The maximum absolute atomic E-state index is 13.0. The van der Waals surface area contributed by atoms with Crippen molar-refractivity contribution >= 4 is 11.8 Å². The summed E-state index contributed by atoms with van der Waals surface area (Å²) in [5, 5.41) is 0. The highest BCUT2D eigenvalue weighted by molar-refractivity contribution is 5.94. The molecule has 1 aromatic rings. The van der Waals surface area contributed by atoms with E-state index in [1.165, 1.54) is 0 Å². The normalized spacial score (nSPS) is 28.7. The number of piperidine rings is 3. The molecule has 2 bridgehead atoms. The molecule has 4 heterocycles. The van der Waals surface area contributed by atoms with Crippen molar-refractivity contribution in [1.82, 2.24) is 14.8 Å². The van der Waals surface area contributed by atoms with Crippen molar-refractivity contribution in [3.8, 4) is 0 Å². The standard InChI is InChI=1S/C20H27N3O2/c1-2-4-17-10-15(7-8-21-17)20(25)22-11-14-9-16(13-22)18-5-3-6-19(24)23(18)12-14/h7-8,10,14,16,18H,2-6,9,11-13H2,1H3/t14?,16?,18-/m0/s1. The third kappa shape index (κ3) is 3.16. The second-order valence-corrected chi connectivity index (χ2v) is 7.86. The Morgan fingerprint density at radius 2 is 2.20 bits per heavy atom. The highest BCUT2D eigenvalue weighted by atomic mass is 16.2. The van der Waals surface area contributed by atoms with Crippen LogP contribution in [-0.2, 0) is 11.2 Å². The number of hydrogen-bond acceptors (Lipinski definition) is 3. The minimum Gasteiger partial charge on any atom is -0.339 e. The lowest BCUT2D eigenvalue weighted by molar-refractivity contribution is -0.144. The predicted octanol–water partition coefficient (Wildman–Crippen LogP) is 2.51. The molecule has 1 aromatic heterocycles. The molecule has 3 atom stereocenters. The Kier molecular flexibility index (Phi) is 4.48. The number of rotatable bonds is 3. The molecule has 0 spiro atoms. The summed E-state index contributed by atoms with van der Waals surface area (Å²) in [6.45, 7) is 4.52. The molecule has 3 fully saturated rings. The zero-order valence-corrected chi connectivity index (χ0v) is 15.0. The molecule has 2 unspecified atom stereocenters. The van der Waals surface area contributed by atoms with Crippen LogP contribution < -0.4 is 0 Å². The van der Waals surface area contributed by atoms with Crippen molar-refractivity contribution in [2.45, 2.75) is 51.5 Å². The van der Waals surface area contributed by atoms with Gasteiger partial charge in [-0.25, -0.2) is 0 Å². The van der Waals surface area contributed by atoms with E-state index in [1.54, 1.807) is 6.20 Å². The molecule has 0 aromatic carbocycles. The lowest BCUT2D eigenvalue weighted by Crippen LogP contribution is -2.61. The molecule has 3 aliphatic heterocycles. The fourth-order valence-electron chi connectivity index (χ4n) is 4.96. The Balaban J connectivity index is 1.50. The van der Waals surface area contributed by atoms with Crippen molar-refractivity contribution in [1.29, 1.82) is 0 Å². The molecular weight excluding hydrogens is 314 g/mol. The molecule has 3 aliphatic rings. The molecule has 0 radical (unpaired) electrons. The zero-order valence-electron chi connectivity index (χ0n) is 15.0. The van der Waals surface area contributed by atoms with Crippen molar-refractivity contribution in [2.24, 2.45) is 11.8 Å². The number of carbonyl (C=O) groups is 2. The number of aromatic nitrogens is 1. The van der Waals surface area contributed by atoms with E-state index >= 15 is 0 Å². The first-order valence-corrected chi connectivity index (χ1v) is 9.69. The first-order chi connectivity index (χ1) is 12.2. The lowest BCUT2D eigenvalue weighted by atomic mass is 9.76. The third-order valence-electron chi connectivity index (χ3n) is 6.04. The van der Waals surface area contributed by atoms with E-state index in [-0.39, 0.29) is 5.91 Å². The lowest BCUT2D eigenvalue weighted by Gasteiger charge is -2.52. The van der Waals surface area contributed by atoms with Crippen LogP contribution in [0.3, 0.4) is 0 Å². The van der Waals surface area contributed by atoms with Gasteiger partial charge in [-0.15, -0.1) is 0 Å². The Hall–Kier alpha value is -1.91. The van der Waals surface area contributed by atoms with Gasteiger partial charge in [-0.05, 0) is 49.7 Å². The maximum Gasteiger partial charge on any atom is 0.253 e. The number of amides is 2. The number of pyridine rings is 1. The van der Waals surface area contributed by atoms with E-state index in [1.807, 2.05) is 17.0 Å².